The fourth-order valence-electron chi connectivity index (χ4n) is 2.42. The van der Waals surface area contributed by atoms with Crippen LogP contribution in [0.25, 0.3) is 11.0 Å². The van der Waals surface area contributed by atoms with Crippen LogP contribution in [-0.4, -0.2) is 9.55 Å². The Labute approximate surface area is 115 Å². The van der Waals surface area contributed by atoms with Crippen molar-refractivity contribution in [3.05, 3.63) is 42.2 Å². The van der Waals surface area contributed by atoms with E-state index in [1.807, 2.05) is 6.08 Å². The molecule has 2 N–H and O–H groups in total. The summed E-state index contributed by atoms with van der Waals surface area (Å²) < 4.78 is 2.18. The molecular formula is C16H23N3. The number of unbranched alkanes of at least 4 members (excludes halogenated alkanes) is 1. The molecule has 1 atom stereocenters. The minimum atomic E-state index is 0.00704. The van der Waals surface area contributed by atoms with Gasteiger partial charge >= 0.3 is 0 Å². The van der Waals surface area contributed by atoms with Gasteiger partial charge in [-0.2, -0.15) is 0 Å². The molecule has 3 heteroatoms. The Morgan fingerprint density at radius 2 is 2.26 bits per heavy atom. The van der Waals surface area contributed by atoms with E-state index in [4.69, 9.17) is 10.7 Å². The van der Waals surface area contributed by atoms with Crippen molar-refractivity contribution in [3.63, 3.8) is 0 Å². The third-order valence-corrected chi connectivity index (χ3v) is 3.45. The van der Waals surface area contributed by atoms with E-state index in [1.54, 1.807) is 0 Å². The van der Waals surface area contributed by atoms with Gasteiger partial charge in [0, 0.05) is 6.54 Å². The second kappa shape index (κ2) is 6.02. The number of benzene rings is 1. The SMILES string of the molecule is C=CCn1c(C(N)CCCC)nc2cc(C)ccc21. The number of aryl methyl sites for hydroxylation is 1. The number of rotatable bonds is 6. The largest absolute Gasteiger partial charge is 0.323 e. The summed E-state index contributed by atoms with van der Waals surface area (Å²) in [5.74, 6) is 0.981. The van der Waals surface area contributed by atoms with Crippen LogP contribution in [0.2, 0.25) is 0 Å². The Balaban J connectivity index is 2.46. The summed E-state index contributed by atoms with van der Waals surface area (Å²) in [6, 6.07) is 6.36. The van der Waals surface area contributed by atoms with Gasteiger partial charge in [0.05, 0.1) is 17.1 Å². The molecule has 3 nitrogen and oxygen atoms in total. The summed E-state index contributed by atoms with van der Waals surface area (Å²) in [5, 5.41) is 0. The molecule has 0 spiro atoms. The summed E-state index contributed by atoms with van der Waals surface area (Å²) in [7, 11) is 0. The molecule has 0 saturated heterocycles. The van der Waals surface area contributed by atoms with E-state index in [1.165, 1.54) is 5.56 Å². The summed E-state index contributed by atoms with van der Waals surface area (Å²) in [4.78, 5) is 4.74. The monoisotopic (exact) mass is 257 g/mol. The summed E-state index contributed by atoms with van der Waals surface area (Å²) in [6.07, 6.45) is 5.18. The number of fused-ring (bicyclic) bond motifs is 1. The first-order valence-corrected chi connectivity index (χ1v) is 7.00. The van der Waals surface area contributed by atoms with E-state index in [2.05, 4.69) is 43.2 Å². The lowest BCUT2D eigenvalue weighted by molar-refractivity contribution is 0.553. The molecule has 0 aliphatic rings. The summed E-state index contributed by atoms with van der Waals surface area (Å²) in [6.45, 7) is 8.86. The highest BCUT2D eigenvalue weighted by Gasteiger charge is 2.15. The van der Waals surface area contributed by atoms with Gasteiger partial charge in [0.1, 0.15) is 5.82 Å². The van der Waals surface area contributed by atoms with Crippen LogP contribution in [0.5, 0.6) is 0 Å². The standard InChI is InChI=1S/C16H23N3/c1-4-6-7-13(17)16-18-14-11-12(3)8-9-15(14)19(16)10-5-2/h5,8-9,11,13H,2,4,6-7,10,17H2,1,3H3. The van der Waals surface area contributed by atoms with Crippen LogP contribution in [0.1, 0.15) is 43.6 Å². The molecule has 0 radical (unpaired) electrons. The quantitative estimate of drug-likeness (QED) is 0.801. The molecule has 2 aromatic rings. The van der Waals surface area contributed by atoms with Crippen LogP contribution in [0, 0.1) is 6.92 Å². The third kappa shape index (κ3) is 2.87. The molecule has 19 heavy (non-hydrogen) atoms. The maximum atomic E-state index is 6.30. The molecule has 1 aromatic carbocycles. The highest BCUT2D eigenvalue weighted by Crippen LogP contribution is 2.23. The minimum absolute atomic E-state index is 0.00704. The van der Waals surface area contributed by atoms with Crippen molar-refractivity contribution in [2.24, 2.45) is 5.73 Å². The topological polar surface area (TPSA) is 43.8 Å². The van der Waals surface area contributed by atoms with Crippen LogP contribution < -0.4 is 5.73 Å². The molecule has 1 unspecified atom stereocenters. The Bertz CT molecular complexity index is 569. The van der Waals surface area contributed by atoms with E-state index < -0.39 is 0 Å². The molecule has 2 rings (SSSR count). The van der Waals surface area contributed by atoms with Gasteiger partial charge in [0.2, 0.25) is 0 Å². The Morgan fingerprint density at radius 1 is 1.47 bits per heavy atom. The number of nitrogens with two attached hydrogens (primary N) is 1. The van der Waals surface area contributed by atoms with E-state index in [9.17, 15) is 0 Å². The zero-order valence-electron chi connectivity index (χ0n) is 11.9. The van der Waals surface area contributed by atoms with Crippen LogP contribution >= 0.6 is 0 Å². The fourth-order valence-corrected chi connectivity index (χ4v) is 2.42. The van der Waals surface area contributed by atoms with Crippen molar-refractivity contribution in [1.82, 2.24) is 9.55 Å². The summed E-state index contributed by atoms with van der Waals surface area (Å²) >= 11 is 0. The normalized spacial score (nSPS) is 12.8. The van der Waals surface area contributed by atoms with Gasteiger partial charge in [-0.15, -0.1) is 6.58 Å². The first kappa shape index (κ1) is 13.8. The van der Waals surface area contributed by atoms with E-state index in [0.717, 1.165) is 42.7 Å². The van der Waals surface area contributed by atoms with Gasteiger partial charge in [-0.3, -0.25) is 0 Å². The number of aromatic nitrogens is 2. The van der Waals surface area contributed by atoms with Crippen LogP contribution in [-0.2, 0) is 6.54 Å². The average Bonchev–Trinajstić information content (AvgIpc) is 2.74. The summed E-state index contributed by atoms with van der Waals surface area (Å²) in [5.41, 5.74) is 9.70. The molecule has 0 bridgehead atoms. The molecule has 1 aromatic heterocycles. The Morgan fingerprint density at radius 3 is 2.95 bits per heavy atom. The lowest BCUT2D eigenvalue weighted by atomic mass is 10.1. The zero-order chi connectivity index (χ0) is 13.8. The highest BCUT2D eigenvalue weighted by atomic mass is 15.1. The molecule has 0 amide bonds. The number of hydrogen-bond donors (Lipinski definition) is 1. The van der Waals surface area contributed by atoms with Crippen LogP contribution in [0.4, 0.5) is 0 Å². The molecule has 1 heterocycles. The zero-order valence-corrected chi connectivity index (χ0v) is 11.9. The lowest BCUT2D eigenvalue weighted by Gasteiger charge is -2.13. The Kier molecular flexibility index (Phi) is 4.38. The van der Waals surface area contributed by atoms with Gasteiger partial charge in [0.25, 0.3) is 0 Å². The minimum Gasteiger partial charge on any atom is -0.323 e. The molecule has 0 fully saturated rings. The van der Waals surface area contributed by atoms with Crippen LogP contribution in [0.15, 0.2) is 30.9 Å². The fraction of sp³-hybridized carbons (Fsp3) is 0.438. The van der Waals surface area contributed by atoms with Crippen molar-refractivity contribution in [3.8, 4) is 0 Å². The smallest absolute Gasteiger partial charge is 0.127 e. The molecule has 0 aliphatic heterocycles. The Hall–Kier alpha value is -1.61. The van der Waals surface area contributed by atoms with Gasteiger partial charge in [-0.1, -0.05) is 31.9 Å². The predicted molar refractivity (Wildman–Crippen MR) is 81.1 cm³/mol. The highest BCUT2D eigenvalue weighted by molar-refractivity contribution is 5.77. The van der Waals surface area contributed by atoms with Crippen molar-refractivity contribution in [2.75, 3.05) is 0 Å². The van der Waals surface area contributed by atoms with Gasteiger partial charge < -0.3 is 10.3 Å². The van der Waals surface area contributed by atoms with Crippen molar-refractivity contribution >= 4 is 11.0 Å². The second-order valence-corrected chi connectivity index (χ2v) is 5.11. The number of imidazole rings is 1. The third-order valence-electron chi connectivity index (χ3n) is 3.45. The average molecular weight is 257 g/mol. The number of nitrogens with zero attached hydrogens (tertiary/aromatic N) is 2. The maximum absolute atomic E-state index is 6.30. The van der Waals surface area contributed by atoms with Crippen molar-refractivity contribution in [2.45, 2.75) is 45.7 Å². The second-order valence-electron chi connectivity index (χ2n) is 5.11. The number of hydrogen-bond acceptors (Lipinski definition) is 2. The first-order chi connectivity index (χ1) is 9.17. The first-order valence-electron chi connectivity index (χ1n) is 7.00. The van der Waals surface area contributed by atoms with Gasteiger partial charge in [-0.25, -0.2) is 4.98 Å². The molecule has 0 aliphatic carbocycles. The van der Waals surface area contributed by atoms with E-state index in [0.29, 0.717) is 0 Å². The maximum Gasteiger partial charge on any atom is 0.127 e. The lowest BCUT2D eigenvalue weighted by Crippen LogP contribution is -2.16. The van der Waals surface area contributed by atoms with Gasteiger partial charge in [-0.05, 0) is 31.0 Å². The van der Waals surface area contributed by atoms with E-state index in [-0.39, 0.29) is 6.04 Å². The molecule has 102 valence electrons. The molecular weight excluding hydrogens is 234 g/mol. The van der Waals surface area contributed by atoms with Crippen molar-refractivity contribution in [1.29, 1.82) is 0 Å². The van der Waals surface area contributed by atoms with Crippen LogP contribution in [0.3, 0.4) is 0 Å². The van der Waals surface area contributed by atoms with Crippen molar-refractivity contribution < 1.29 is 0 Å². The van der Waals surface area contributed by atoms with Gasteiger partial charge in [0.15, 0.2) is 0 Å². The number of allylic oxidation sites excluding steroid dienone is 1. The molecule has 0 saturated carbocycles. The van der Waals surface area contributed by atoms with E-state index >= 15 is 0 Å². The predicted octanol–water partition coefficient (Wildman–Crippen LogP) is 3.72.